The van der Waals surface area contributed by atoms with Gasteiger partial charge in [-0.2, -0.15) is 18.0 Å². The third-order valence-electron chi connectivity index (χ3n) is 9.06. The Hall–Kier alpha value is -4.34. The summed E-state index contributed by atoms with van der Waals surface area (Å²) in [6, 6.07) is 5.48. The number of rotatable bonds is 27. The van der Waals surface area contributed by atoms with Gasteiger partial charge in [-0.25, -0.2) is 4.79 Å². The van der Waals surface area contributed by atoms with Crippen molar-refractivity contribution in [1.82, 2.24) is 0 Å². The molecule has 1 aliphatic rings. The van der Waals surface area contributed by atoms with Crippen molar-refractivity contribution in [3.8, 4) is 5.75 Å². The van der Waals surface area contributed by atoms with Crippen LogP contribution in [0, 0.1) is 11.8 Å². The minimum Gasteiger partial charge on any atom is -0.494 e. The van der Waals surface area contributed by atoms with Gasteiger partial charge in [0.05, 0.1) is 85.5 Å². The van der Waals surface area contributed by atoms with Crippen LogP contribution in [0.1, 0.15) is 67.3 Å². The molecule has 0 aliphatic heterocycles. The quantitative estimate of drug-likeness (QED) is 0.0402. The first-order chi connectivity index (χ1) is 28.9. The van der Waals surface area contributed by atoms with Crippen LogP contribution in [0.25, 0.3) is 0 Å². The molecule has 19 nitrogen and oxygen atoms in total. The smallest absolute Gasteiger partial charge is 0.373 e. The predicted octanol–water partition coefficient (Wildman–Crippen LogP) is 5.13. The van der Waals surface area contributed by atoms with Crippen molar-refractivity contribution in [2.45, 2.75) is 58.6 Å². The summed E-state index contributed by atoms with van der Waals surface area (Å²) in [5.41, 5.74) is 1.95. The SMILES string of the molecule is CCOC(=O)c1sc(N=Nc2ccc(N(CC)CCOCCOCCOCCOCCOC(=O)C3CCCCC3C(=O)OC)cc2OC)c(CC)c1CS(=O)(=O)O.O=C=O. The lowest BCUT2D eigenvalue weighted by Crippen LogP contribution is -2.35. The first-order valence-electron chi connectivity index (χ1n) is 19.6. The van der Waals surface area contributed by atoms with Crippen LogP contribution < -0.4 is 9.64 Å². The normalized spacial score (nSPS) is 15.1. The Morgan fingerprint density at radius 2 is 1.38 bits per heavy atom. The lowest BCUT2D eigenvalue weighted by atomic mass is 9.79. The Morgan fingerprint density at radius 3 is 1.90 bits per heavy atom. The van der Waals surface area contributed by atoms with Gasteiger partial charge in [-0.15, -0.1) is 21.6 Å². The van der Waals surface area contributed by atoms with Crippen LogP contribution in [-0.2, 0) is 74.6 Å². The fourth-order valence-corrected chi connectivity index (χ4v) is 8.14. The second-order valence-electron chi connectivity index (χ2n) is 12.9. The zero-order valence-electron chi connectivity index (χ0n) is 34.8. The molecular formula is C39H57N3O16S2. The molecule has 1 N–H and O–H groups in total. The van der Waals surface area contributed by atoms with Gasteiger partial charge in [0, 0.05) is 30.4 Å². The van der Waals surface area contributed by atoms with Gasteiger partial charge in [0.25, 0.3) is 10.1 Å². The highest BCUT2D eigenvalue weighted by atomic mass is 32.2. The minimum atomic E-state index is -4.43. The van der Waals surface area contributed by atoms with Gasteiger partial charge in [-0.1, -0.05) is 19.8 Å². The third-order valence-corrected chi connectivity index (χ3v) is 10.9. The number of nitrogens with zero attached hydrogens (tertiary/aromatic N) is 3. The van der Waals surface area contributed by atoms with Crippen LogP contribution in [0.2, 0.25) is 0 Å². The van der Waals surface area contributed by atoms with Crippen molar-refractivity contribution < 1.29 is 74.8 Å². The standard InChI is InChI=1S/C38H57N3O14S2.CO2/c1-6-28-31(26-57(45,46)47)34(38(44)54-8-3)56-35(28)40-39-32-14-13-27(25-33(32)48-4)41(7-2)15-16-50-17-18-51-19-20-52-21-22-53-23-24-55-37(43)30-12-10-9-11-29(30)36(42)49-5;2-1-3/h13-14,25,29-30H,6-12,15-24,26H2,1-5H3,(H,45,46,47);. The zero-order valence-corrected chi connectivity index (χ0v) is 36.5. The van der Waals surface area contributed by atoms with Gasteiger partial charge < -0.3 is 42.8 Å². The molecule has 1 aliphatic carbocycles. The zero-order chi connectivity index (χ0) is 44.3. The molecule has 0 saturated heterocycles. The molecule has 1 saturated carbocycles. The molecule has 2 atom stereocenters. The molecule has 1 fully saturated rings. The number of methoxy groups -OCH3 is 2. The van der Waals surface area contributed by atoms with E-state index < -0.39 is 33.7 Å². The number of carbonyl (C=O) groups excluding carboxylic acids is 5. The summed E-state index contributed by atoms with van der Waals surface area (Å²) in [5, 5.41) is 9.04. The molecule has 1 aromatic carbocycles. The van der Waals surface area contributed by atoms with Crippen molar-refractivity contribution >= 4 is 61.9 Å². The number of carbonyl (C=O) groups is 3. The third kappa shape index (κ3) is 18.1. The molecule has 2 aromatic rings. The molecule has 2 unspecified atom stereocenters. The van der Waals surface area contributed by atoms with E-state index in [0.717, 1.165) is 29.9 Å². The number of hydrogen-bond acceptors (Lipinski definition) is 19. The second-order valence-corrected chi connectivity index (χ2v) is 15.3. The summed E-state index contributed by atoms with van der Waals surface area (Å²) in [4.78, 5) is 55.4. The molecule has 3 rings (SSSR count). The summed E-state index contributed by atoms with van der Waals surface area (Å²) in [7, 11) is -1.57. The van der Waals surface area contributed by atoms with E-state index in [1.165, 1.54) is 14.2 Å². The first kappa shape index (κ1) is 51.8. The van der Waals surface area contributed by atoms with Gasteiger partial charge in [-0.3, -0.25) is 14.1 Å². The summed E-state index contributed by atoms with van der Waals surface area (Å²) < 4.78 is 76.2. The van der Waals surface area contributed by atoms with Crippen molar-refractivity contribution in [1.29, 1.82) is 0 Å². The molecule has 21 heteroatoms. The van der Waals surface area contributed by atoms with Crippen LogP contribution >= 0.6 is 11.3 Å². The number of hydrogen-bond donors (Lipinski definition) is 1. The Bertz CT molecular complexity index is 1800. The predicted molar refractivity (Wildman–Crippen MR) is 217 cm³/mol. The maximum Gasteiger partial charge on any atom is 0.373 e. The summed E-state index contributed by atoms with van der Waals surface area (Å²) in [5.74, 6) is -2.60. The van der Waals surface area contributed by atoms with Crippen molar-refractivity contribution in [2.75, 3.05) is 98.3 Å². The monoisotopic (exact) mass is 887 g/mol. The van der Waals surface area contributed by atoms with Gasteiger partial charge in [0.2, 0.25) is 0 Å². The van der Waals surface area contributed by atoms with Crippen molar-refractivity contribution in [3.63, 3.8) is 0 Å². The Morgan fingerprint density at radius 1 is 0.817 bits per heavy atom. The highest BCUT2D eigenvalue weighted by Gasteiger charge is 2.37. The van der Waals surface area contributed by atoms with E-state index >= 15 is 0 Å². The summed E-state index contributed by atoms with van der Waals surface area (Å²) >= 11 is 0.958. The van der Waals surface area contributed by atoms with Gasteiger partial charge >= 0.3 is 24.1 Å². The lowest BCUT2D eigenvalue weighted by Gasteiger charge is -2.27. The highest BCUT2D eigenvalue weighted by molar-refractivity contribution is 7.85. The van der Waals surface area contributed by atoms with E-state index in [2.05, 4.69) is 15.1 Å². The van der Waals surface area contributed by atoms with Crippen LogP contribution in [0.4, 0.5) is 16.4 Å². The number of anilines is 1. The Labute approximate surface area is 354 Å². The number of esters is 3. The summed E-state index contributed by atoms with van der Waals surface area (Å²) in [6.45, 7) is 10.0. The Kier molecular flexibility index (Phi) is 25.0. The van der Waals surface area contributed by atoms with Crippen LogP contribution in [-0.4, -0.2) is 130 Å². The van der Waals surface area contributed by atoms with E-state index in [-0.39, 0.29) is 48.4 Å². The highest BCUT2D eigenvalue weighted by Crippen LogP contribution is 2.40. The molecule has 1 aromatic heterocycles. The van der Waals surface area contributed by atoms with E-state index in [1.807, 2.05) is 19.1 Å². The minimum absolute atomic E-state index is 0.0602. The van der Waals surface area contributed by atoms with Crippen molar-refractivity contribution in [2.24, 2.45) is 22.1 Å². The van der Waals surface area contributed by atoms with Crippen LogP contribution in [0.5, 0.6) is 5.75 Å². The van der Waals surface area contributed by atoms with Gasteiger partial charge in [0.1, 0.15) is 33.7 Å². The van der Waals surface area contributed by atoms with Gasteiger partial charge in [-0.05, 0) is 50.8 Å². The van der Waals surface area contributed by atoms with E-state index in [1.54, 1.807) is 19.9 Å². The first-order valence-corrected chi connectivity index (χ1v) is 22.0. The molecule has 0 spiro atoms. The average molecular weight is 888 g/mol. The fraction of sp³-hybridized carbons (Fsp3) is 0.641. The molecule has 0 radical (unpaired) electrons. The topological polar surface area (TPSA) is 242 Å². The van der Waals surface area contributed by atoms with E-state index in [4.69, 9.17) is 47.5 Å². The average Bonchev–Trinajstić information content (AvgIpc) is 3.58. The van der Waals surface area contributed by atoms with E-state index in [0.29, 0.717) is 101 Å². The maximum atomic E-state index is 12.6. The number of ether oxygens (including phenoxy) is 8. The maximum absolute atomic E-state index is 12.6. The van der Waals surface area contributed by atoms with Crippen LogP contribution in [0.3, 0.4) is 0 Å². The Balaban J connectivity index is 0.00000401. The fourth-order valence-electron chi connectivity index (χ4n) is 6.23. The van der Waals surface area contributed by atoms with Crippen molar-refractivity contribution in [3.05, 3.63) is 34.2 Å². The number of thiophene rings is 1. The molecular weight excluding hydrogens is 831 g/mol. The van der Waals surface area contributed by atoms with E-state index in [9.17, 15) is 27.4 Å². The largest absolute Gasteiger partial charge is 0.494 e. The number of likely N-dealkylation sites (N-methyl/N-ethyl adjacent to an activating group) is 1. The second kappa shape index (κ2) is 29.0. The summed E-state index contributed by atoms with van der Waals surface area (Å²) in [6.07, 6.45) is 3.65. The molecule has 336 valence electrons. The van der Waals surface area contributed by atoms with Gasteiger partial charge in [0.15, 0.2) is 0 Å². The molecule has 60 heavy (non-hydrogen) atoms. The lowest BCUT2D eigenvalue weighted by molar-refractivity contribution is -0.191. The molecule has 0 amide bonds. The molecule has 0 bridgehead atoms. The number of benzene rings is 1. The van der Waals surface area contributed by atoms with Crippen LogP contribution in [0.15, 0.2) is 28.4 Å². The molecule has 1 heterocycles. The number of azo groups is 1.